The lowest BCUT2D eigenvalue weighted by molar-refractivity contribution is 0.0859. The summed E-state index contributed by atoms with van der Waals surface area (Å²) in [6.07, 6.45) is 4.31. The molecule has 33 heavy (non-hydrogen) atoms. The van der Waals surface area contributed by atoms with Crippen LogP contribution in [0.4, 0.5) is 10.2 Å². The molecule has 0 aliphatic carbocycles. The summed E-state index contributed by atoms with van der Waals surface area (Å²) in [5.41, 5.74) is 0.289. The molecule has 5 rings (SSSR count). The number of phenolic OH excluding ortho intramolecular Hbond substituents is 1. The summed E-state index contributed by atoms with van der Waals surface area (Å²) in [6, 6.07) is 6.35. The van der Waals surface area contributed by atoms with Crippen molar-refractivity contribution < 1.29 is 9.50 Å². The van der Waals surface area contributed by atoms with Crippen LogP contribution in [0.1, 0.15) is 38.9 Å². The molecule has 0 amide bonds. The number of aromatic hydroxyl groups is 1. The molecule has 0 saturated carbocycles. The van der Waals surface area contributed by atoms with Gasteiger partial charge in [-0.15, -0.1) is 15.3 Å². The number of hydrogen-bond acceptors (Lipinski definition) is 9. The van der Waals surface area contributed by atoms with Gasteiger partial charge in [-0.1, -0.05) is 0 Å². The van der Waals surface area contributed by atoms with Gasteiger partial charge in [-0.05, 0) is 45.2 Å². The van der Waals surface area contributed by atoms with E-state index < -0.39 is 11.7 Å². The van der Waals surface area contributed by atoms with Crippen LogP contribution in [0.2, 0.25) is 0 Å². The van der Waals surface area contributed by atoms with Gasteiger partial charge in [0.1, 0.15) is 24.3 Å². The Balaban J connectivity index is 1.37. The van der Waals surface area contributed by atoms with Crippen LogP contribution in [0.25, 0.3) is 17.1 Å². The molecule has 4 atom stereocenters. The molecule has 2 aliphatic rings. The number of benzene rings is 1. The smallest absolute Gasteiger partial charge is 0.252 e. The highest BCUT2D eigenvalue weighted by atomic mass is 19.1. The molecule has 0 unspecified atom stereocenters. The van der Waals surface area contributed by atoms with E-state index in [1.165, 1.54) is 17.1 Å². The topological polar surface area (TPSA) is 129 Å². The SMILES string of the molecule is CN(c1cnc(-c2ccc(-n3cnc(C#N)n3)cc2O)nn1)[C@H]1C[C@]2(C)CC[C@@](C)(N2)[C@H]1F. The van der Waals surface area contributed by atoms with Crippen LogP contribution < -0.4 is 10.2 Å². The Morgan fingerprint density at radius 1 is 1.27 bits per heavy atom. The van der Waals surface area contributed by atoms with E-state index in [-0.39, 0.29) is 29.0 Å². The minimum Gasteiger partial charge on any atom is -0.507 e. The highest BCUT2D eigenvalue weighted by Crippen LogP contribution is 2.45. The van der Waals surface area contributed by atoms with Crippen molar-refractivity contribution in [2.45, 2.75) is 56.4 Å². The van der Waals surface area contributed by atoms with Gasteiger partial charge in [0.2, 0.25) is 0 Å². The summed E-state index contributed by atoms with van der Waals surface area (Å²) >= 11 is 0. The van der Waals surface area contributed by atoms with Gasteiger partial charge in [0.25, 0.3) is 5.82 Å². The highest BCUT2D eigenvalue weighted by Gasteiger charge is 2.56. The monoisotopic (exact) mass is 449 g/mol. The molecule has 2 saturated heterocycles. The van der Waals surface area contributed by atoms with Crippen LogP contribution in [0.5, 0.6) is 5.75 Å². The Morgan fingerprint density at radius 3 is 2.76 bits per heavy atom. The third-order valence-electron chi connectivity index (χ3n) is 6.88. The Bertz CT molecular complexity index is 1240. The number of anilines is 1. The van der Waals surface area contributed by atoms with E-state index in [1.54, 1.807) is 18.3 Å². The largest absolute Gasteiger partial charge is 0.507 e. The standard InChI is InChI=1S/C22H24FN9O/c1-21-6-7-22(2,30-21)19(23)15(9-21)31(3)18-11-25-20(28-27-18)14-5-4-13(8-16(14)33)32-12-26-17(10-24)29-32/h4-5,8,11-12,15,19,30,33H,6-7,9H2,1-3H3/t15-,19-,21-,22+/m0/s1. The van der Waals surface area contributed by atoms with Crippen LogP contribution in [0.3, 0.4) is 0 Å². The van der Waals surface area contributed by atoms with Gasteiger partial charge >= 0.3 is 0 Å². The first kappa shape index (κ1) is 21.2. The molecule has 10 nitrogen and oxygen atoms in total. The number of aromatic nitrogens is 6. The second kappa shape index (κ2) is 7.45. The van der Waals surface area contributed by atoms with E-state index >= 15 is 4.39 Å². The van der Waals surface area contributed by atoms with E-state index in [1.807, 2.05) is 24.9 Å². The van der Waals surface area contributed by atoms with Crippen molar-refractivity contribution in [2.24, 2.45) is 0 Å². The second-order valence-corrected chi connectivity index (χ2v) is 9.35. The zero-order valence-corrected chi connectivity index (χ0v) is 18.6. The van der Waals surface area contributed by atoms with Gasteiger partial charge in [-0.2, -0.15) is 5.26 Å². The lowest BCUT2D eigenvalue weighted by Crippen LogP contribution is -2.65. The summed E-state index contributed by atoms with van der Waals surface area (Å²) < 4.78 is 16.8. The number of nitriles is 1. The molecular weight excluding hydrogens is 425 g/mol. The number of fused-ring (bicyclic) bond motifs is 2. The quantitative estimate of drug-likeness (QED) is 0.615. The average Bonchev–Trinajstić information content (AvgIpc) is 3.39. The van der Waals surface area contributed by atoms with Crippen molar-refractivity contribution in [3.63, 3.8) is 0 Å². The number of nitrogens with one attached hydrogen (secondary N) is 1. The van der Waals surface area contributed by atoms with Gasteiger partial charge in [0.15, 0.2) is 11.6 Å². The van der Waals surface area contributed by atoms with Gasteiger partial charge in [0.05, 0.1) is 23.5 Å². The minimum atomic E-state index is -1.05. The highest BCUT2D eigenvalue weighted by molar-refractivity contribution is 5.66. The Hall–Kier alpha value is -3.65. The van der Waals surface area contributed by atoms with Gasteiger partial charge in [-0.3, -0.25) is 0 Å². The molecule has 2 bridgehead atoms. The molecule has 0 spiro atoms. The summed E-state index contributed by atoms with van der Waals surface area (Å²) in [4.78, 5) is 10.0. The predicted molar refractivity (Wildman–Crippen MR) is 117 cm³/mol. The molecular formula is C22H24FN9O. The fraction of sp³-hybridized carbons (Fsp3) is 0.455. The Kier molecular flexibility index (Phi) is 4.79. The second-order valence-electron chi connectivity index (χ2n) is 9.35. The fourth-order valence-corrected chi connectivity index (χ4v) is 5.05. The number of piperidine rings is 1. The first-order valence-corrected chi connectivity index (χ1v) is 10.7. The number of alkyl halides is 1. The third kappa shape index (κ3) is 3.56. The maximum Gasteiger partial charge on any atom is 0.252 e. The Morgan fingerprint density at radius 2 is 2.09 bits per heavy atom. The number of nitrogens with zero attached hydrogens (tertiary/aromatic N) is 8. The molecule has 170 valence electrons. The van der Waals surface area contributed by atoms with Crippen molar-refractivity contribution >= 4 is 5.82 Å². The molecule has 4 heterocycles. The lowest BCUT2D eigenvalue weighted by Gasteiger charge is -2.47. The van der Waals surface area contributed by atoms with Crippen LogP contribution in [0, 0.1) is 11.3 Å². The van der Waals surface area contributed by atoms with Crippen LogP contribution in [0.15, 0.2) is 30.7 Å². The molecule has 2 aromatic heterocycles. The lowest BCUT2D eigenvalue weighted by atomic mass is 9.82. The first-order valence-electron chi connectivity index (χ1n) is 10.7. The third-order valence-corrected chi connectivity index (χ3v) is 6.88. The summed E-state index contributed by atoms with van der Waals surface area (Å²) in [5.74, 6) is 0.686. The van der Waals surface area contributed by atoms with E-state index in [0.717, 1.165) is 12.8 Å². The first-order chi connectivity index (χ1) is 15.7. The van der Waals surface area contributed by atoms with Crippen molar-refractivity contribution in [2.75, 3.05) is 11.9 Å². The van der Waals surface area contributed by atoms with E-state index in [2.05, 4.69) is 37.5 Å². The van der Waals surface area contributed by atoms with Crippen molar-refractivity contribution in [3.05, 3.63) is 36.5 Å². The number of halogens is 1. The van der Waals surface area contributed by atoms with Crippen LogP contribution >= 0.6 is 0 Å². The molecule has 0 radical (unpaired) electrons. The maximum absolute atomic E-state index is 15.4. The zero-order chi connectivity index (χ0) is 23.4. The molecule has 2 fully saturated rings. The van der Waals surface area contributed by atoms with E-state index in [0.29, 0.717) is 23.5 Å². The van der Waals surface area contributed by atoms with Crippen LogP contribution in [-0.4, -0.2) is 65.4 Å². The van der Waals surface area contributed by atoms with Crippen molar-refractivity contribution in [3.8, 4) is 28.9 Å². The van der Waals surface area contributed by atoms with E-state index in [9.17, 15) is 5.11 Å². The predicted octanol–water partition coefficient (Wildman–Crippen LogP) is 2.14. The number of hydrogen-bond donors (Lipinski definition) is 2. The van der Waals surface area contributed by atoms with Gasteiger partial charge in [0, 0.05) is 24.2 Å². The molecule has 2 N–H and O–H groups in total. The molecule has 3 aromatic rings. The van der Waals surface area contributed by atoms with Crippen molar-refractivity contribution in [1.29, 1.82) is 5.26 Å². The van der Waals surface area contributed by atoms with Crippen molar-refractivity contribution in [1.82, 2.24) is 35.3 Å². The average molecular weight is 449 g/mol. The molecule has 11 heteroatoms. The maximum atomic E-state index is 15.4. The molecule has 2 aliphatic heterocycles. The molecule has 1 aromatic carbocycles. The van der Waals surface area contributed by atoms with Gasteiger partial charge in [-0.25, -0.2) is 19.0 Å². The number of rotatable bonds is 4. The minimum absolute atomic E-state index is 0.0334. The van der Waals surface area contributed by atoms with E-state index in [4.69, 9.17) is 5.26 Å². The van der Waals surface area contributed by atoms with Gasteiger partial charge < -0.3 is 15.3 Å². The summed E-state index contributed by atoms with van der Waals surface area (Å²) in [5, 5.41) is 35.3. The Labute approximate surface area is 190 Å². The van der Waals surface area contributed by atoms with Crippen LogP contribution in [-0.2, 0) is 0 Å². The normalized spacial score (nSPS) is 28.5. The summed E-state index contributed by atoms with van der Waals surface area (Å²) in [7, 11) is 1.82. The zero-order valence-electron chi connectivity index (χ0n) is 18.6. The summed E-state index contributed by atoms with van der Waals surface area (Å²) in [6.45, 7) is 4.09. The number of phenols is 1. The fourth-order valence-electron chi connectivity index (χ4n) is 5.05.